The molecule has 2 aromatic heterocycles. The molecule has 2 aliphatic carbocycles. The van der Waals surface area contributed by atoms with Crippen molar-refractivity contribution in [2.45, 2.75) is 95.7 Å². The van der Waals surface area contributed by atoms with Gasteiger partial charge >= 0.3 is 0 Å². The Labute approximate surface area is 201 Å². The van der Waals surface area contributed by atoms with Gasteiger partial charge < -0.3 is 10.1 Å². The first-order chi connectivity index (χ1) is 16.7. The van der Waals surface area contributed by atoms with Gasteiger partial charge in [0.25, 0.3) is 5.56 Å². The number of phenols is 1. The standard InChI is InChI=1S/C28H36N4O2/c33-21-12-7-9-19(17-21)18-32-27-25(22-13-5-6-14-23(22)28(34)29-27)26(30-32)24-15-8-16-31(24)20-10-3-1-2-4-11-20/h7,9,12,17,20,24,33H,1-6,8,10-11,13-16,18H2,(H,29,34)/t24-/m1/s1. The number of aryl methyl sites for hydroxylation is 1. The number of rotatable bonds is 4. The maximum atomic E-state index is 13.1. The van der Waals surface area contributed by atoms with Crippen LogP contribution in [0.15, 0.2) is 29.1 Å². The number of likely N-dealkylation sites (tertiary alicyclic amines) is 1. The Morgan fingerprint density at radius 3 is 2.56 bits per heavy atom. The number of aromatic amines is 1. The Balaban J connectivity index is 1.48. The molecule has 3 heterocycles. The minimum Gasteiger partial charge on any atom is -0.508 e. The molecule has 6 rings (SSSR count). The van der Waals surface area contributed by atoms with E-state index < -0.39 is 0 Å². The zero-order valence-corrected chi connectivity index (χ0v) is 20.1. The Kier molecular flexibility index (Phi) is 5.94. The average Bonchev–Trinajstić information content (AvgIpc) is 3.35. The minimum absolute atomic E-state index is 0.0536. The maximum absolute atomic E-state index is 13.1. The van der Waals surface area contributed by atoms with Crippen molar-refractivity contribution in [1.82, 2.24) is 19.7 Å². The predicted octanol–water partition coefficient (Wildman–Crippen LogP) is 5.22. The van der Waals surface area contributed by atoms with Crippen LogP contribution >= 0.6 is 0 Å². The van der Waals surface area contributed by atoms with Gasteiger partial charge in [0, 0.05) is 17.0 Å². The molecule has 34 heavy (non-hydrogen) atoms. The highest BCUT2D eigenvalue weighted by Gasteiger charge is 2.36. The van der Waals surface area contributed by atoms with E-state index >= 15 is 0 Å². The molecule has 6 nitrogen and oxygen atoms in total. The van der Waals surface area contributed by atoms with Crippen molar-refractivity contribution in [1.29, 1.82) is 0 Å². The summed E-state index contributed by atoms with van der Waals surface area (Å²) in [6.45, 7) is 1.69. The fourth-order valence-electron chi connectivity index (χ4n) is 6.80. The summed E-state index contributed by atoms with van der Waals surface area (Å²) in [5.41, 5.74) is 5.30. The number of aromatic nitrogens is 3. The number of pyridine rings is 1. The lowest BCUT2D eigenvalue weighted by Crippen LogP contribution is -2.35. The molecule has 0 bridgehead atoms. The number of nitrogens with one attached hydrogen (secondary N) is 1. The molecule has 3 aromatic rings. The molecule has 1 saturated heterocycles. The van der Waals surface area contributed by atoms with Gasteiger partial charge in [-0.25, -0.2) is 4.68 Å². The fourth-order valence-corrected chi connectivity index (χ4v) is 6.80. The van der Waals surface area contributed by atoms with Gasteiger partial charge in [-0.05, 0) is 81.2 Å². The molecule has 6 heteroatoms. The van der Waals surface area contributed by atoms with E-state index in [2.05, 4.69) is 9.88 Å². The van der Waals surface area contributed by atoms with Crippen molar-refractivity contribution in [2.75, 3.05) is 6.54 Å². The molecule has 1 aliphatic heterocycles. The molecule has 1 atom stereocenters. The van der Waals surface area contributed by atoms with Gasteiger partial charge in [0.2, 0.25) is 0 Å². The van der Waals surface area contributed by atoms with Crippen LogP contribution in [0.3, 0.4) is 0 Å². The number of hydrogen-bond acceptors (Lipinski definition) is 4. The predicted molar refractivity (Wildman–Crippen MR) is 134 cm³/mol. The molecule has 1 saturated carbocycles. The molecule has 1 aromatic carbocycles. The Morgan fingerprint density at radius 2 is 1.76 bits per heavy atom. The second-order valence-electron chi connectivity index (χ2n) is 10.6. The summed E-state index contributed by atoms with van der Waals surface area (Å²) in [6.07, 6.45) is 14.4. The smallest absolute Gasteiger partial charge is 0.253 e. The highest BCUT2D eigenvalue weighted by molar-refractivity contribution is 5.84. The Bertz CT molecular complexity index is 1240. The monoisotopic (exact) mass is 460 g/mol. The molecule has 2 fully saturated rings. The number of benzene rings is 1. The first kappa shape index (κ1) is 21.9. The number of H-pyrrole nitrogens is 1. The van der Waals surface area contributed by atoms with Crippen LogP contribution in [0.2, 0.25) is 0 Å². The normalized spacial score (nSPS) is 22.2. The van der Waals surface area contributed by atoms with Gasteiger partial charge in [0.1, 0.15) is 11.4 Å². The number of hydrogen-bond donors (Lipinski definition) is 2. The van der Waals surface area contributed by atoms with Gasteiger partial charge in [0.05, 0.1) is 18.3 Å². The topological polar surface area (TPSA) is 74.2 Å². The first-order valence-corrected chi connectivity index (χ1v) is 13.4. The summed E-state index contributed by atoms with van der Waals surface area (Å²) in [5.74, 6) is 0.260. The van der Waals surface area contributed by atoms with E-state index in [-0.39, 0.29) is 11.3 Å². The largest absolute Gasteiger partial charge is 0.508 e. The van der Waals surface area contributed by atoms with Crippen LogP contribution in [-0.2, 0) is 19.4 Å². The van der Waals surface area contributed by atoms with E-state index in [9.17, 15) is 9.90 Å². The van der Waals surface area contributed by atoms with Crippen LogP contribution in [0.4, 0.5) is 0 Å². The minimum atomic E-state index is 0.0536. The highest BCUT2D eigenvalue weighted by Crippen LogP contribution is 2.41. The summed E-state index contributed by atoms with van der Waals surface area (Å²) in [6, 6.07) is 8.34. The summed E-state index contributed by atoms with van der Waals surface area (Å²) in [5, 5.41) is 16.4. The molecular weight excluding hydrogens is 424 g/mol. The lowest BCUT2D eigenvalue weighted by Gasteiger charge is -2.32. The van der Waals surface area contributed by atoms with Crippen LogP contribution in [0, 0.1) is 0 Å². The maximum Gasteiger partial charge on any atom is 0.253 e. The van der Waals surface area contributed by atoms with Gasteiger partial charge in [-0.15, -0.1) is 0 Å². The van der Waals surface area contributed by atoms with Crippen LogP contribution in [0.5, 0.6) is 5.75 Å². The van der Waals surface area contributed by atoms with E-state index in [0.29, 0.717) is 18.6 Å². The van der Waals surface area contributed by atoms with Crippen molar-refractivity contribution >= 4 is 11.0 Å². The molecule has 0 unspecified atom stereocenters. The second-order valence-corrected chi connectivity index (χ2v) is 10.6. The van der Waals surface area contributed by atoms with Crippen molar-refractivity contribution in [3.8, 4) is 5.75 Å². The molecule has 0 spiro atoms. The third kappa shape index (κ3) is 3.96. The van der Waals surface area contributed by atoms with Crippen molar-refractivity contribution < 1.29 is 5.11 Å². The molecule has 2 N–H and O–H groups in total. The third-order valence-electron chi connectivity index (χ3n) is 8.40. The molecular formula is C28H36N4O2. The highest BCUT2D eigenvalue weighted by atomic mass is 16.3. The quantitative estimate of drug-likeness (QED) is 0.524. The lowest BCUT2D eigenvalue weighted by molar-refractivity contribution is 0.161. The summed E-state index contributed by atoms with van der Waals surface area (Å²) in [7, 11) is 0. The number of nitrogens with zero attached hydrogens (tertiary/aromatic N) is 3. The van der Waals surface area contributed by atoms with Crippen LogP contribution in [0.1, 0.15) is 92.6 Å². The molecule has 3 aliphatic rings. The van der Waals surface area contributed by atoms with Crippen LogP contribution in [-0.4, -0.2) is 37.4 Å². The summed E-state index contributed by atoms with van der Waals surface area (Å²) >= 11 is 0. The SMILES string of the molecule is O=c1[nH]c2c(c([C@H]3CCCN3C3CCCCCC3)nn2Cc2cccc(O)c2)c2c1CCCC2. The van der Waals surface area contributed by atoms with E-state index in [1.165, 1.54) is 61.6 Å². The zero-order valence-electron chi connectivity index (χ0n) is 20.1. The van der Waals surface area contributed by atoms with Crippen molar-refractivity contribution in [3.05, 3.63) is 57.0 Å². The fraction of sp³-hybridized carbons (Fsp3) is 0.571. The zero-order chi connectivity index (χ0) is 23.1. The van der Waals surface area contributed by atoms with Crippen molar-refractivity contribution in [3.63, 3.8) is 0 Å². The van der Waals surface area contributed by atoms with Gasteiger partial charge in [-0.2, -0.15) is 5.10 Å². The van der Waals surface area contributed by atoms with Crippen molar-refractivity contribution in [2.24, 2.45) is 0 Å². The lowest BCUT2D eigenvalue weighted by atomic mass is 9.89. The Morgan fingerprint density at radius 1 is 0.971 bits per heavy atom. The van der Waals surface area contributed by atoms with Gasteiger partial charge in [0.15, 0.2) is 0 Å². The summed E-state index contributed by atoms with van der Waals surface area (Å²) in [4.78, 5) is 19.1. The van der Waals surface area contributed by atoms with Crippen LogP contribution < -0.4 is 5.56 Å². The van der Waals surface area contributed by atoms with Gasteiger partial charge in [-0.3, -0.25) is 9.69 Å². The van der Waals surface area contributed by atoms with E-state index in [4.69, 9.17) is 5.10 Å². The summed E-state index contributed by atoms with van der Waals surface area (Å²) < 4.78 is 1.99. The molecule has 180 valence electrons. The number of phenolic OH excluding ortho intramolecular Hbond substituents is 1. The van der Waals surface area contributed by atoms with E-state index in [1.54, 1.807) is 12.1 Å². The molecule has 0 radical (unpaired) electrons. The van der Waals surface area contributed by atoms with Crippen LogP contribution in [0.25, 0.3) is 11.0 Å². The first-order valence-electron chi connectivity index (χ1n) is 13.4. The Hall–Kier alpha value is -2.60. The van der Waals surface area contributed by atoms with E-state index in [0.717, 1.165) is 55.4 Å². The molecule has 0 amide bonds. The number of fused-ring (bicyclic) bond motifs is 3. The second kappa shape index (κ2) is 9.21. The number of aromatic hydroxyl groups is 1. The van der Waals surface area contributed by atoms with E-state index in [1.807, 2.05) is 16.8 Å². The van der Waals surface area contributed by atoms with Gasteiger partial charge in [-0.1, -0.05) is 37.8 Å². The average molecular weight is 461 g/mol. The third-order valence-corrected chi connectivity index (χ3v) is 8.40.